The molecule has 0 saturated heterocycles. The maximum absolute atomic E-state index is 11.1. The highest BCUT2D eigenvalue weighted by Gasteiger charge is 2.05. The zero-order valence-corrected chi connectivity index (χ0v) is 12.6. The van der Waals surface area contributed by atoms with Crippen LogP contribution in [0.2, 0.25) is 0 Å². The van der Waals surface area contributed by atoms with Crippen molar-refractivity contribution in [2.75, 3.05) is 22.9 Å². The molecular weight excluding hydrogens is 290 g/mol. The van der Waals surface area contributed by atoms with Crippen molar-refractivity contribution in [3.8, 4) is 5.75 Å². The van der Waals surface area contributed by atoms with E-state index in [0.717, 1.165) is 23.4 Å². The number of rotatable bonds is 6. The summed E-state index contributed by atoms with van der Waals surface area (Å²) in [6, 6.07) is 10.9. The SMILES string of the molecule is CCOc1ccccc1Nc1ccc(NS(C)(=O)=O)nc1. The molecule has 6 nitrogen and oxygen atoms in total. The number of pyridine rings is 1. The lowest BCUT2D eigenvalue weighted by Gasteiger charge is -2.12. The van der Waals surface area contributed by atoms with Crippen LogP contribution >= 0.6 is 0 Å². The number of anilines is 3. The van der Waals surface area contributed by atoms with Gasteiger partial charge in [-0.1, -0.05) is 12.1 Å². The van der Waals surface area contributed by atoms with Crippen LogP contribution in [0.15, 0.2) is 42.6 Å². The van der Waals surface area contributed by atoms with Crippen molar-refractivity contribution in [1.82, 2.24) is 4.98 Å². The van der Waals surface area contributed by atoms with Crippen molar-refractivity contribution in [1.29, 1.82) is 0 Å². The molecule has 1 aromatic heterocycles. The molecule has 1 aromatic carbocycles. The van der Waals surface area contributed by atoms with E-state index in [4.69, 9.17) is 4.74 Å². The Kier molecular flexibility index (Phi) is 4.64. The largest absolute Gasteiger partial charge is 0.492 e. The average molecular weight is 307 g/mol. The monoisotopic (exact) mass is 307 g/mol. The van der Waals surface area contributed by atoms with Crippen LogP contribution in [0.3, 0.4) is 0 Å². The molecule has 0 radical (unpaired) electrons. The number of nitrogens with zero attached hydrogens (tertiary/aromatic N) is 1. The molecule has 0 aliphatic rings. The van der Waals surface area contributed by atoms with Gasteiger partial charge in [-0.2, -0.15) is 0 Å². The highest BCUT2D eigenvalue weighted by atomic mass is 32.2. The Morgan fingerprint density at radius 1 is 1.19 bits per heavy atom. The van der Waals surface area contributed by atoms with Crippen LogP contribution in [0, 0.1) is 0 Å². The van der Waals surface area contributed by atoms with E-state index in [1.165, 1.54) is 0 Å². The Labute approximate surface area is 124 Å². The molecule has 0 amide bonds. The summed E-state index contributed by atoms with van der Waals surface area (Å²) in [5.41, 5.74) is 1.56. The molecule has 2 rings (SSSR count). The first kappa shape index (κ1) is 15.1. The zero-order valence-electron chi connectivity index (χ0n) is 11.8. The molecule has 0 bridgehead atoms. The fourth-order valence-corrected chi connectivity index (χ4v) is 2.23. The number of sulfonamides is 1. The van der Waals surface area contributed by atoms with Crippen LogP contribution in [0.1, 0.15) is 6.92 Å². The van der Waals surface area contributed by atoms with Gasteiger partial charge in [0.25, 0.3) is 0 Å². The van der Waals surface area contributed by atoms with E-state index in [0.29, 0.717) is 6.61 Å². The smallest absolute Gasteiger partial charge is 0.230 e. The third-order valence-corrected chi connectivity index (χ3v) is 3.10. The van der Waals surface area contributed by atoms with Crippen molar-refractivity contribution in [2.24, 2.45) is 0 Å². The Balaban J connectivity index is 2.14. The first-order valence-corrected chi connectivity index (χ1v) is 8.30. The van der Waals surface area contributed by atoms with Crippen molar-refractivity contribution in [3.63, 3.8) is 0 Å². The van der Waals surface area contributed by atoms with Crippen molar-refractivity contribution >= 4 is 27.2 Å². The van der Waals surface area contributed by atoms with E-state index < -0.39 is 10.0 Å². The molecular formula is C14H17N3O3S. The predicted molar refractivity (Wildman–Crippen MR) is 83.6 cm³/mol. The van der Waals surface area contributed by atoms with E-state index >= 15 is 0 Å². The Morgan fingerprint density at radius 2 is 1.95 bits per heavy atom. The quantitative estimate of drug-likeness (QED) is 0.857. The van der Waals surface area contributed by atoms with Gasteiger partial charge in [0, 0.05) is 0 Å². The molecule has 2 N–H and O–H groups in total. The molecule has 0 aliphatic carbocycles. The lowest BCUT2D eigenvalue weighted by molar-refractivity contribution is 0.342. The van der Waals surface area contributed by atoms with Gasteiger partial charge in [-0.15, -0.1) is 0 Å². The van der Waals surface area contributed by atoms with Gasteiger partial charge in [-0.05, 0) is 31.2 Å². The molecule has 2 aromatic rings. The molecule has 1 heterocycles. The number of ether oxygens (including phenoxy) is 1. The molecule has 0 spiro atoms. The first-order chi connectivity index (χ1) is 9.98. The Hall–Kier alpha value is -2.28. The summed E-state index contributed by atoms with van der Waals surface area (Å²) in [7, 11) is -3.32. The molecule has 112 valence electrons. The number of aromatic nitrogens is 1. The van der Waals surface area contributed by atoms with Crippen LogP contribution in [-0.4, -0.2) is 26.3 Å². The highest BCUT2D eigenvalue weighted by Crippen LogP contribution is 2.27. The highest BCUT2D eigenvalue weighted by molar-refractivity contribution is 7.92. The predicted octanol–water partition coefficient (Wildman–Crippen LogP) is 2.60. The first-order valence-electron chi connectivity index (χ1n) is 6.40. The maximum Gasteiger partial charge on any atom is 0.230 e. The van der Waals surface area contributed by atoms with Gasteiger partial charge >= 0.3 is 0 Å². The molecule has 0 saturated carbocycles. The summed E-state index contributed by atoms with van der Waals surface area (Å²) >= 11 is 0. The van der Waals surface area contributed by atoms with E-state index in [9.17, 15) is 8.42 Å². The van der Waals surface area contributed by atoms with E-state index in [2.05, 4.69) is 15.0 Å². The lowest BCUT2D eigenvalue weighted by atomic mass is 10.2. The number of benzene rings is 1. The van der Waals surface area contributed by atoms with E-state index in [-0.39, 0.29) is 5.82 Å². The van der Waals surface area contributed by atoms with Crippen LogP contribution in [0.4, 0.5) is 17.2 Å². The van der Waals surface area contributed by atoms with Crippen molar-refractivity contribution < 1.29 is 13.2 Å². The molecule has 0 unspecified atom stereocenters. The van der Waals surface area contributed by atoms with Crippen LogP contribution in [0.5, 0.6) is 5.75 Å². The average Bonchev–Trinajstić information content (AvgIpc) is 2.42. The second kappa shape index (κ2) is 6.45. The summed E-state index contributed by atoms with van der Waals surface area (Å²) in [6.45, 7) is 2.50. The van der Waals surface area contributed by atoms with Gasteiger partial charge in [0.15, 0.2) is 0 Å². The zero-order chi connectivity index (χ0) is 15.3. The van der Waals surface area contributed by atoms with Crippen molar-refractivity contribution in [3.05, 3.63) is 42.6 Å². The summed E-state index contributed by atoms with van der Waals surface area (Å²) in [6.07, 6.45) is 2.63. The number of para-hydroxylation sites is 2. The lowest BCUT2D eigenvalue weighted by Crippen LogP contribution is -2.10. The van der Waals surface area contributed by atoms with Gasteiger partial charge in [0.1, 0.15) is 11.6 Å². The molecule has 0 aliphatic heterocycles. The maximum atomic E-state index is 11.1. The second-order valence-electron chi connectivity index (χ2n) is 4.36. The molecule has 0 fully saturated rings. The molecule has 0 atom stereocenters. The Bertz CT molecular complexity index is 700. The topological polar surface area (TPSA) is 80.3 Å². The van der Waals surface area contributed by atoms with Gasteiger partial charge in [0.2, 0.25) is 10.0 Å². The van der Waals surface area contributed by atoms with Crippen LogP contribution < -0.4 is 14.8 Å². The third kappa shape index (κ3) is 4.64. The molecule has 7 heteroatoms. The van der Waals surface area contributed by atoms with Gasteiger partial charge in [-0.25, -0.2) is 13.4 Å². The Morgan fingerprint density at radius 3 is 2.57 bits per heavy atom. The third-order valence-electron chi connectivity index (χ3n) is 2.52. The van der Waals surface area contributed by atoms with Gasteiger partial charge < -0.3 is 10.1 Å². The van der Waals surface area contributed by atoms with E-state index in [1.807, 2.05) is 31.2 Å². The summed E-state index contributed by atoms with van der Waals surface area (Å²) < 4.78 is 30.1. The van der Waals surface area contributed by atoms with Crippen LogP contribution in [-0.2, 0) is 10.0 Å². The minimum atomic E-state index is -3.32. The minimum Gasteiger partial charge on any atom is -0.492 e. The van der Waals surface area contributed by atoms with E-state index in [1.54, 1.807) is 18.3 Å². The fourth-order valence-electron chi connectivity index (χ4n) is 1.72. The fraction of sp³-hybridized carbons (Fsp3) is 0.214. The number of hydrogen-bond donors (Lipinski definition) is 2. The summed E-state index contributed by atoms with van der Waals surface area (Å²) in [5.74, 6) is 1.03. The minimum absolute atomic E-state index is 0.279. The van der Waals surface area contributed by atoms with Gasteiger partial charge in [0.05, 0.1) is 30.4 Å². The van der Waals surface area contributed by atoms with Crippen LogP contribution in [0.25, 0.3) is 0 Å². The second-order valence-corrected chi connectivity index (χ2v) is 6.11. The number of nitrogens with one attached hydrogen (secondary N) is 2. The molecule has 21 heavy (non-hydrogen) atoms. The summed E-state index contributed by atoms with van der Waals surface area (Å²) in [4.78, 5) is 4.04. The number of hydrogen-bond acceptors (Lipinski definition) is 5. The van der Waals surface area contributed by atoms with Gasteiger partial charge in [-0.3, -0.25) is 4.72 Å². The van der Waals surface area contributed by atoms with Crippen molar-refractivity contribution in [2.45, 2.75) is 6.92 Å². The summed E-state index contributed by atoms with van der Waals surface area (Å²) in [5, 5.41) is 3.18. The normalized spacial score (nSPS) is 11.0. The standard InChI is InChI=1S/C14H17N3O3S/c1-3-20-13-7-5-4-6-12(13)16-11-8-9-14(15-10-11)17-21(2,18)19/h4-10,16H,3H2,1-2H3,(H,15,17).